The summed E-state index contributed by atoms with van der Waals surface area (Å²) in [5, 5.41) is 26.8. The fourth-order valence-corrected chi connectivity index (χ4v) is 3.74. The van der Waals surface area contributed by atoms with Crippen LogP contribution in [0.3, 0.4) is 0 Å². The minimum Gasteiger partial charge on any atom is -0.480 e. The van der Waals surface area contributed by atoms with Crippen molar-refractivity contribution in [3.63, 3.8) is 0 Å². The zero-order valence-electron chi connectivity index (χ0n) is 20.7. The number of amides is 4. The normalized spacial score (nSPS) is 14.4. The first-order chi connectivity index (χ1) is 17.4. The van der Waals surface area contributed by atoms with Crippen LogP contribution in [-0.4, -0.2) is 75.6 Å². The molecule has 2 rings (SSSR count). The Balaban J connectivity index is 2.19. The van der Waals surface area contributed by atoms with Gasteiger partial charge in [0.05, 0.1) is 13.0 Å². The van der Waals surface area contributed by atoms with E-state index in [4.69, 9.17) is 16.6 Å². The molecule has 1 heterocycles. The predicted molar refractivity (Wildman–Crippen MR) is 134 cm³/mol. The van der Waals surface area contributed by atoms with Gasteiger partial charge in [-0.25, -0.2) is 4.79 Å². The molecular formula is C24H34N6O7. The monoisotopic (exact) mass is 518 g/mol. The van der Waals surface area contributed by atoms with Crippen molar-refractivity contribution in [1.29, 1.82) is 0 Å². The Morgan fingerprint density at radius 1 is 0.946 bits per heavy atom. The Morgan fingerprint density at radius 3 is 2.14 bits per heavy atom. The largest absolute Gasteiger partial charge is 0.480 e. The number of aromatic nitrogens is 1. The third-order valence-electron chi connectivity index (χ3n) is 5.63. The van der Waals surface area contributed by atoms with Gasteiger partial charge in [0, 0.05) is 23.5 Å². The highest BCUT2D eigenvalue weighted by Gasteiger charge is 2.31. The van der Waals surface area contributed by atoms with E-state index in [0.717, 1.165) is 10.9 Å². The van der Waals surface area contributed by atoms with E-state index in [1.807, 2.05) is 24.3 Å². The second-order valence-electron chi connectivity index (χ2n) is 9.17. The molecule has 0 aliphatic carbocycles. The first kappa shape index (κ1) is 29.3. The SMILES string of the molecule is CC(C)CC(NC(=O)C(CC(N)=O)NC(=O)C(N)CO)C(=O)NC(Cc1c[nH]c2ccccc12)C(=O)O. The van der Waals surface area contributed by atoms with Gasteiger partial charge in [-0.15, -0.1) is 0 Å². The van der Waals surface area contributed by atoms with Gasteiger partial charge >= 0.3 is 5.97 Å². The Labute approximate surface area is 213 Å². The van der Waals surface area contributed by atoms with Gasteiger partial charge in [-0.1, -0.05) is 32.0 Å². The standard InChI is InChI=1S/C24H34N6O7/c1-12(2)7-17(29-23(35)18(9-20(26)32)28-21(33)15(25)11-31)22(34)30-19(24(36)37)8-13-10-27-16-6-4-3-5-14(13)16/h3-6,10,12,15,17-19,27,31H,7-9,11,25H2,1-2H3,(H2,26,32)(H,28,33)(H,29,35)(H,30,34)(H,36,37). The Kier molecular flexibility index (Phi) is 10.6. The highest BCUT2D eigenvalue weighted by Crippen LogP contribution is 2.19. The number of benzene rings is 1. The van der Waals surface area contributed by atoms with E-state index in [-0.39, 0.29) is 18.8 Å². The van der Waals surface area contributed by atoms with E-state index in [0.29, 0.717) is 5.56 Å². The summed E-state index contributed by atoms with van der Waals surface area (Å²) in [5.41, 5.74) is 12.2. The summed E-state index contributed by atoms with van der Waals surface area (Å²) >= 11 is 0. The lowest BCUT2D eigenvalue weighted by molar-refractivity contribution is -0.142. The van der Waals surface area contributed by atoms with Crippen LogP contribution in [0.15, 0.2) is 30.5 Å². The number of fused-ring (bicyclic) bond motifs is 1. The maximum atomic E-state index is 13.1. The molecule has 0 saturated carbocycles. The summed E-state index contributed by atoms with van der Waals surface area (Å²) in [6.45, 7) is 2.91. The molecule has 0 bridgehead atoms. The summed E-state index contributed by atoms with van der Waals surface area (Å²) in [6, 6.07) is 2.08. The van der Waals surface area contributed by atoms with Crippen LogP contribution in [0.5, 0.6) is 0 Å². The molecule has 0 saturated heterocycles. The van der Waals surface area contributed by atoms with Crippen LogP contribution in [0.2, 0.25) is 0 Å². The molecule has 37 heavy (non-hydrogen) atoms. The van der Waals surface area contributed by atoms with E-state index in [2.05, 4.69) is 20.9 Å². The number of rotatable bonds is 14. The van der Waals surface area contributed by atoms with Crippen LogP contribution in [0.4, 0.5) is 0 Å². The number of aliphatic carboxylic acids is 1. The van der Waals surface area contributed by atoms with E-state index in [1.54, 1.807) is 20.0 Å². The van der Waals surface area contributed by atoms with Gasteiger partial charge < -0.3 is 42.6 Å². The molecule has 4 amide bonds. The number of para-hydroxylation sites is 1. The molecule has 202 valence electrons. The smallest absolute Gasteiger partial charge is 0.326 e. The lowest BCUT2D eigenvalue weighted by Crippen LogP contribution is -2.58. The number of carbonyl (C=O) groups is 5. The van der Waals surface area contributed by atoms with Crippen molar-refractivity contribution in [1.82, 2.24) is 20.9 Å². The molecule has 1 aromatic heterocycles. The molecule has 0 aliphatic rings. The average Bonchev–Trinajstić information content (AvgIpc) is 3.24. The van der Waals surface area contributed by atoms with Crippen molar-refractivity contribution in [3.05, 3.63) is 36.0 Å². The Hall–Kier alpha value is -3.97. The number of aromatic amines is 1. The van der Waals surface area contributed by atoms with Gasteiger partial charge in [0.1, 0.15) is 24.2 Å². The van der Waals surface area contributed by atoms with Gasteiger partial charge in [0.25, 0.3) is 0 Å². The van der Waals surface area contributed by atoms with Gasteiger partial charge in [-0.3, -0.25) is 19.2 Å². The number of aliphatic hydroxyl groups excluding tert-OH is 1. The van der Waals surface area contributed by atoms with Crippen LogP contribution < -0.4 is 27.4 Å². The van der Waals surface area contributed by atoms with Gasteiger partial charge in [-0.2, -0.15) is 0 Å². The van der Waals surface area contributed by atoms with Crippen molar-refractivity contribution < 1.29 is 34.2 Å². The number of H-pyrrole nitrogens is 1. The van der Waals surface area contributed by atoms with Gasteiger partial charge in [-0.05, 0) is 24.0 Å². The van der Waals surface area contributed by atoms with Crippen LogP contribution in [0.25, 0.3) is 10.9 Å². The average molecular weight is 519 g/mol. The van der Waals surface area contributed by atoms with Crippen LogP contribution in [0, 0.1) is 5.92 Å². The fourth-order valence-electron chi connectivity index (χ4n) is 3.74. The highest BCUT2D eigenvalue weighted by atomic mass is 16.4. The number of aliphatic hydroxyl groups is 1. The molecule has 13 heteroatoms. The highest BCUT2D eigenvalue weighted by molar-refractivity contribution is 5.96. The fraction of sp³-hybridized carbons (Fsp3) is 0.458. The van der Waals surface area contributed by atoms with E-state index in [1.165, 1.54) is 0 Å². The zero-order chi connectivity index (χ0) is 27.7. The van der Waals surface area contributed by atoms with Crippen molar-refractivity contribution in [2.75, 3.05) is 6.61 Å². The number of nitrogens with two attached hydrogens (primary N) is 2. The Morgan fingerprint density at radius 2 is 1.54 bits per heavy atom. The molecule has 0 spiro atoms. The van der Waals surface area contributed by atoms with E-state index in [9.17, 15) is 29.1 Å². The second kappa shape index (κ2) is 13.4. The topological polar surface area (TPSA) is 230 Å². The van der Waals surface area contributed by atoms with Crippen molar-refractivity contribution in [2.45, 2.75) is 57.3 Å². The van der Waals surface area contributed by atoms with Crippen LogP contribution in [-0.2, 0) is 30.4 Å². The number of carboxylic acid groups (broad SMARTS) is 1. The van der Waals surface area contributed by atoms with E-state index < -0.39 is 66.8 Å². The maximum absolute atomic E-state index is 13.1. The van der Waals surface area contributed by atoms with Crippen molar-refractivity contribution >= 4 is 40.5 Å². The summed E-state index contributed by atoms with van der Waals surface area (Å²) in [5.74, 6) is -4.76. The number of primary amides is 1. The third-order valence-corrected chi connectivity index (χ3v) is 5.63. The number of hydrogen-bond donors (Lipinski definition) is 8. The molecule has 10 N–H and O–H groups in total. The molecule has 0 radical (unpaired) electrons. The molecule has 2 aromatic rings. The summed E-state index contributed by atoms with van der Waals surface area (Å²) in [7, 11) is 0. The lowest BCUT2D eigenvalue weighted by Gasteiger charge is -2.25. The number of nitrogens with one attached hydrogen (secondary N) is 4. The maximum Gasteiger partial charge on any atom is 0.326 e. The Bertz CT molecular complexity index is 1130. The minimum absolute atomic E-state index is 0.00711. The molecule has 4 atom stereocenters. The quantitative estimate of drug-likeness (QED) is 0.146. The minimum atomic E-state index is -1.45. The molecule has 0 aliphatic heterocycles. The first-order valence-electron chi connectivity index (χ1n) is 11.8. The summed E-state index contributed by atoms with van der Waals surface area (Å²) in [6.07, 6.45) is 1.23. The predicted octanol–water partition coefficient (Wildman–Crippen LogP) is -1.51. The third kappa shape index (κ3) is 8.58. The van der Waals surface area contributed by atoms with Crippen LogP contribution in [0.1, 0.15) is 32.3 Å². The van der Waals surface area contributed by atoms with Crippen molar-refractivity contribution in [2.24, 2.45) is 17.4 Å². The number of carboxylic acids is 1. The number of hydrogen-bond acceptors (Lipinski definition) is 7. The zero-order valence-corrected chi connectivity index (χ0v) is 20.7. The van der Waals surface area contributed by atoms with Gasteiger partial charge in [0.15, 0.2) is 0 Å². The molecule has 0 fully saturated rings. The first-order valence-corrected chi connectivity index (χ1v) is 11.8. The summed E-state index contributed by atoms with van der Waals surface area (Å²) < 4.78 is 0. The molecule has 4 unspecified atom stereocenters. The molecule has 13 nitrogen and oxygen atoms in total. The van der Waals surface area contributed by atoms with Crippen LogP contribution >= 0.6 is 0 Å². The van der Waals surface area contributed by atoms with Gasteiger partial charge in [0.2, 0.25) is 23.6 Å². The molecule has 1 aromatic carbocycles. The van der Waals surface area contributed by atoms with Crippen molar-refractivity contribution in [3.8, 4) is 0 Å². The summed E-state index contributed by atoms with van der Waals surface area (Å²) in [4.78, 5) is 64.6. The molecular weight excluding hydrogens is 484 g/mol. The number of carbonyl (C=O) groups excluding carboxylic acids is 4. The second-order valence-corrected chi connectivity index (χ2v) is 9.17. The lowest BCUT2D eigenvalue weighted by atomic mass is 10.0. The van der Waals surface area contributed by atoms with E-state index >= 15 is 0 Å².